The molecule has 2 heterocycles. The molecule has 0 radical (unpaired) electrons. The maximum Gasteiger partial charge on any atom is 0.317 e. The van der Waals surface area contributed by atoms with Crippen LogP contribution in [0.3, 0.4) is 0 Å². The molecule has 100 valence electrons. The van der Waals surface area contributed by atoms with E-state index in [2.05, 4.69) is 36.4 Å². The monoisotopic (exact) mass is 251 g/mol. The summed E-state index contributed by atoms with van der Waals surface area (Å²) in [4.78, 5) is 13.2. The van der Waals surface area contributed by atoms with Crippen molar-refractivity contribution in [2.75, 3.05) is 19.6 Å². The standard InChI is InChI=1S/C12H21N5O/c1-4-12(2,3)10-9-17(15-14-10)8-7-16-6-5-13-11(16)18/h9H,4-8H2,1-3H3,(H,13,18). The molecule has 1 aromatic heterocycles. The van der Waals surface area contributed by atoms with Crippen LogP contribution < -0.4 is 5.32 Å². The zero-order chi connectivity index (χ0) is 13.2. The minimum Gasteiger partial charge on any atom is -0.336 e. The van der Waals surface area contributed by atoms with E-state index in [9.17, 15) is 4.79 Å². The molecule has 1 aliphatic heterocycles. The van der Waals surface area contributed by atoms with Gasteiger partial charge in [0.05, 0.1) is 12.2 Å². The maximum absolute atomic E-state index is 11.4. The molecule has 1 aromatic rings. The number of aromatic nitrogens is 3. The van der Waals surface area contributed by atoms with Gasteiger partial charge in [-0.3, -0.25) is 4.68 Å². The molecule has 1 fully saturated rings. The summed E-state index contributed by atoms with van der Waals surface area (Å²) in [6.45, 7) is 9.37. The Hall–Kier alpha value is -1.59. The Morgan fingerprint density at radius 3 is 2.83 bits per heavy atom. The lowest BCUT2D eigenvalue weighted by atomic mass is 9.87. The highest BCUT2D eigenvalue weighted by Crippen LogP contribution is 2.23. The minimum atomic E-state index is 0.0178. The molecule has 1 saturated heterocycles. The van der Waals surface area contributed by atoms with Crippen LogP contribution in [0.2, 0.25) is 0 Å². The van der Waals surface area contributed by atoms with Gasteiger partial charge in [0.2, 0.25) is 0 Å². The van der Waals surface area contributed by atoms with Crippen LogP contribution >= 0.6 is 0 Å². The molecule has 2 rings (SSSR count). The van der Waals surface area contributed by atoms with Gasteiger partial charge in [-0.2, -0.15) is 0 Å². The molecule has 6 heteroatoms. The Morgan fingerprint density at radius 2 is 2.22 bits per heavy atom. The summed E-state index contributed by atoms with van der Waals surface area (Å²) in [5, 5.41) is 11.1. The van der Waals surface area contributed by atoms with Crippen molar-refractivity contribution < 1.29 is 4.79 Å². The van der Waals surface area contributed by atoms with E-state index >= 15 is 0 Å². The summed E-state index contributed by atoms with van der Waals surface area (Å²) >= 11 is 0. The Labute approximate surface area is 107 Å². The van der Waals surface area contributed by atoms with E-state index in [0.29, 0.717) is 13.1 Å². The third-order valence-corrected chi connectivity index (χ3v) is 3.66. The molecule has 0 spiro atoms. The zero-order valence-electron chi connectivity index (χ0n) is 11.3. The predicted molar refractivity (Wildman–Crippen MR) is 68.3 cm³/mol. The second-order valence-electron chi connectivity index (χ2n) is 5.32. The van der Waals surface area contributed by atoms with E-state index in [0.717, 1.165) is 25.2 Å². The number of nitrogens with zero attached hydrogens (tertiary/aromatic N) is 4. The number of urea groups is 1. The van der Waals surface area contributed by atoms with Crippen LogP contribution in [0, 0.1) is 0 Å². The number of rotatable bonds is 5. The lowest BCUT2D eigenvalue weighted by Gasteiger charge is -2.18. The molecule has 6 nitrogen and oxygen atoms in total. The highest BCUT2D eigenvalue weighted by atomic mass is 16.2. The molecule has 0 saturated carbocycles. The third kappa shape index (κ3) is 2.63. The first kappa shape index (κ1) is 12.9. The van der Waals surface area contributed by atoms with E-state index in [4.69, 9.17) is 0 Å². The molecule has 0 bridgehead atoms. The van der Waals surface area contributed by atoms with Crippen molar-refractivity contribution in [3.8, 4) is 0 Å². The summed E-state index contributed by atoms with van der Waals surface area (Å²) < 4.78 is 1.82. The van der Waals surface area contributed by atoms with E-state index in [1.807, 2.05) is 10.9 Å². The molecule has 1 aliphatic rings. The van der Waals surface area contributed by atoms with Crippen LogP contribution in [0.15, 0.2) is 6.20 Å². The topological polar surface area (TPSA) is 63.0 Å². The van der Waals surface area contributed by atoms with Gasteiger partial charge in [-0.1, -0.05) is 26.0 Å². The van der Waals surface area contributed by atoms with Gasteiger partial charge in [-0.15, -0.1) is 5.10 Å². The number of hydrogen-bond acceptors (Lipinski definition) is 3. The van der Waals surface area contributed by atoms with E-state index in [1.54, 1.807) is 4.90 Å². The SMILES string of the molecule is CCC(C)(C)c1cn(CCN2CCNC2=O)nn1. The zero-order valence-corrected chi connectivity index (χ0v) is 11.3. The van der Waals surface area contributed by atoms with Crippen molar-refractivity contribution in [2.45, 2.75) is 39.2 Å². The molecular weight excluding hydrogens is 230 g/mol. The van der Waals surface area contributed by atoms with Gasteiger partial charge in [0.1, 0.15) is 0 Å². The lowest BCUT2D eigenvalue weighted by molar-refractivity contribution is 0.215. The number of nitrogens with one attached hydrogen (secondary N) is 1. The Bertz CT molecular complexity index is 426. The van der Waals surface area contributed by atoms with Crippen LogP contribution in [-0.4, -0.2) is 45.6 Å². The number of carbonyl (C=O) groups is 1. The summed E-state index contributed by atoms with van der Waals surface area (Å²) in [7, 11) is 0. The summed E-state index contributed by atoms with van der Waals surface area (Å²) in [5.41, 5.74) is 1.07. The van der Waals surface area contributed by atoms with Crippen molar-refractivity contribution in [1.29, 1.82) is 0 Å². The van der Waals surface area contributed by atoms with Crippen molar-refractivity contribution >= 4 is 6.03 Å². The highest BCUT2D eigenvalue weighted by molar-refractivity contribution is 5.76. The van der Waals surface area contributed by atoms with Crippen LogP contribution in [0.25, 0.3) is 0 Å². The van der Waals surface area contributed by atoms with Crippen molar-refractivity contribution in [1.82, 2.24) is 25.2 Å². The normalized spacial score (nSPS) is 16.2. The average molecular weight is 251 g/mol. The fourth-order valence-corrected chi connectivity index (χ4v) is 1.85. The second-order valence-corrected chi connectivity index (χ2v) is 5.32. The molecule has 2 amide bonds. The van der Waals surface area contributed by atoms with Gasteiger partial charge in [0.15, 0.2) is 0 Å². The van der Waals surface area contributed by atoms with Crippen molar-refractivity contribution in [3.63, 3.8) is 0 Å². The molecule has 0 aliphatic carbocycles. The smallest absolute Gasteiger partial charge is 0.317 e. The largest absolute Gasteiger partial charge is 0.336 e. The second kappa shape index (κ2) is 4.96. The lowest BCUT2D eigenvalue weighted by Crippen LogP contribution is -2.31. The minimum absolute atomic E-state index is 0.0178. The number of hydrogen-bond donors (Lipinski definition) is 1. The Kier molecular flexibility index (Phi) is 3.54. The first-order valence-corrected chi connectivity index (χ1v) is 6.46. The summed E-state index contributed by atoms with van der Waals surface area (Å²) in [6, 6.07) is 0.0178. The fraction of sp³-hybridized carbons (Fsp3) is 0.750. The van der Waals surface area contributed by atoms with Crippen molar-refractivity contribution in [2.24, 2.45) is 0 Å². The van der Waals surface area contributed by atoms with Gasteiger partial charge >= 0.3 is 6.03 Å². The van der Waals surface area contributed by atoms with Crippen LogP contribution in [-0.2, 0) is 12.0 Å². The van der Waals surface area contributed by atoms with E-state index in [-0.39, 0.29) is 11.4 Å². The Morgan fingerprint density at radius 1 is 1.44 bits per heavy atom. The number of amides is 2. The third-order valence-electron chi connectivity index (χ3n) is 3.66. The highest BCUT2D eigenvalue weighted by Gasteiger charge is 2.22. The molecule has 0 atom stereocenters. The molecule has 1 N–H and O–H groups in total. The first-order chi connectivity index (χ1) is 8.53. The fourth-order valence-electron chi connectivity index (χ4n) is 1.85. The Balaban J connectivity index is 1.93. The maximum atomic E-state index is 11.4. The molecule has 0 aromatic carbocycles. The van der Waals surface area contributed by atoms with Gasteiger partial charge in [-0.05, 0) is 6.42 Å². The van der Waals surface area contributed by atoms with Crippen LogP contribution in [0.5, 0.6) is 0 Å². The molecular formula is C12H21N5O. The molecule has 0 unspecified atom stereocenters. The first-order valence-electron chi connectivity index (χ1n) is 6.46. The summed E-state index contributed by atoms with van der Waals surface area (Å²) in [6.07, 6.45) is 3.01. The predicted octanol–water partition coefficient (Wildman–Crippen LogP) is 0.991. The van der Waals surface area contributed by atoms with Gasteiger partial charge in [-0.25, -0.2) is 4.79 Å². The van der Waals surface area contributed by atoms with E-state index in [1.165, 1.54) is 0 Å². The molecule has 18 heavy (non-hydrogen) atoms. The average Bonchev–Trinajstić information content (AvgIpc) is 2.96. The van der Waals surface area contributed by atoms with E-state index < -0.39 is 0 Å². The van der Waals surface area contributed by atoms with Crippen molar-refractivity contribution in [3.05, 3.63) is 11.9 Å². The summed E-state index contributed by atoms with van der Waals surface area (Å²) in [5.74, 6) is 0. The number of carbonyl (C=O) groups excluding carboxylic acids is 1. The van der Waals surface area contributed by atoms with Crippen LogP contribution in [0.1, 0.15) is 32.9 Å². The van der Waals surface area contributed by atoms with Gasteiger partial charge in [0, 0.05) is 31.2 Å². The van der Waals surface area contributed by atoms with Crippen LogP contribution in [0.4, 0.5) is 4.79 Å². The van der Waals surface area contributed by atoms with Gasteiger partial charge in [0.25, 0.3) is 0 Å². The van der Waals surface area contributed by atoms with Gasteiger partial charge < -0.3 is 10.2 Å². The quantitative estimate of drug-likeness (QED) is 0.849.